The Bertz CT molecular complexity index is 956. The topological polar surface area (TPSA) is 63.4 Å². The Kier molecular flexibility index (Phi) is 5.63. The molecule has 0 saturated carbocycles. The predicted octanol–water partition coefficient (Wildman–Crippen LogP) is 3.96. The van der Waals surface area contributed by atoms with Gasteiger partial charge in [0.1, 0.15) is 11.6 Å². The minimum Gasteiger partial charge on any atom is -0.494 e. The normalized spacial score (nSPS) is 13.9. The summed E-state index contributed by atoms with van der Waals surface area (Å²) in [6, 6.07) is 16.9. The zero-order chi connectivity index (χ0) is 19.3. The highest BCUT2D eigenvalue weighted by Gasteiger charge is 2.18. The van der Waals surface area contributed by atoms with Crippen molar-refractivity contribution in [3.8, 4) is 5.75 Å². The first-order chi connectivity index (χ1) is 13.8. The Morgan fingerprint density at radius 3 is 2.89 bits per heavy atom. The van der Waals surface area contributed by atoms with Crippen LogP contribution in [-0.4, -0.2) is 31.2 Å². The molecule has 0 unspecified atom stereocenters. The van der Waals surface area contributed by atoms with Crippen molar-refractivity contribution in [3.63, 3.8) is 0 Å². The van der Waals surface area contributed by atoms with Crippen molar-refractivity contribution in [1.82, 2.24) is 4.98 Å². The first-order valence-electron chi connectivity index (χ1n) is 10.1. The van der Waals surface area contributed by atoms with E-state index in [0.717, 1.165) is 60.6 Å². The highest BCUT2D eigenvalue weighted by molar-refractivity contribution is 5.93. The molecule has 3 N–H and O–H groups in total. The number of nitrogens with two attached hydrogens (primary N) is 1. The summed E-state index contributed by atoms with van der Waals surface area (Å²) in [6.07, 6.45) is 2.20. The van der Waals surface area contributed by atoms with Crippen LogP contribution >= 0.6 is 0 Å². The average molecular weight is 377 g/mol. The number of aromatic nitrogens is 1. The molecule has 0 radical (unpaired) electrons. The fraction of sp³-hybridized carbons (Fsp3) is 0.348. The molecule has 0 atom stereocenters. The highest BCUT2D eigenvalue weighted by atomic mass is 16.5. The third kappa shape index (κ3) is 3.90. The second-order valence-corrected chi connectivity index (χ2v) is 7.15. The standard InChI is InChI=1S/C23H28N4O/c1-2-28-19-10-9-17-6-5-13-27(16-18(17)14-19)23-15-22(25-12-11-24)20-7-3-4-8-21(20)26-23/h3-4,7-10,14-15H,2,5-6,11-13,16,24H2,1H3,(H,25,26). The Morgan fingerprint density at radius 2 is 2.04 bits per heavy atom. The molecule has 0 amide bonds. The maximum atomic E-state index is 5.72. The van der Waals surface area contributed by atoms with Gasteiger partial charge in [0.2, 0.25) is 0 Å². The quantitative estimate of drug-likeness (QED) is 0.682. The summed E-state index contributed by atoms with van der Waals surface area (Å²) in [4.78, 5) is 7.34. The molecule has 1 aromatic heterocycles. The van der Waals surface area contributed by atoms with E-state index in [1.165, 1.54) is 11.1 Å². The Morgan fingerprint density at radius 1 is 1.14 bits per heavy atom. The minimum atomic E-state index is 0.600. The lowest BCUT2D eigenvalue weighted by Crippen LogP contribution is -2.24. The molecule has 1 aliphatic heterocycles. The predicted molar refractivity (Wildman–Crippen MR) is 116 cm³/mol. The molecule has 0 spiro atoms. The van der Waals surface area contributed by atoms with E-state index in [0.29, 0.717) is 13.2 Å². The van der Waals surface area contributed by atoms with Crippen LogP contribution < -0.4 is 20.7 Å². The van der Waals surface area contributed by atoms with E-state index in [9.17, 15) is 0 Å². The zero-order valence-corrected chi connectivity index (χ0v) is 16.4. The number of rotatable bonds is 6. The van der Waals surface area contributed by atoms with Crippen LogP contribution in [0.3, 0.4) is 0 Å². The molecular formula is C23H28N4O. The fourth-order valence-corrected chi connectivity index (χ4v) is 3.87. The van der Waals surface area contributed by atoms with Crippen molar-refractivity contribution in [2.45, 2.75) is 26.3 Å². The lowest BCUT2D eigenvalue weighted by molar-refractivity contribution is 0.340. The molecule has 0 aliphatic carbocycles. The number of pyridine rings is 1. The molecule has 0 fully saturated rings. The van der Waals surface area contributed by atoms with Gasteiger partial charge in [-0.05, 0) is 49.1 Å². The Balaban J connectivity index is 1.69. The highest BCUT2D eigenvalue weighted by Crippen LogP contribution is 2.30. The summed E-state index contributed by atoms with van der Waals surface area (Å²) in [5, 5.41) is 4.60. The van der Waals surface area contributed by atoms with Crippen LogP contribution in [0, 0.1) is 0 Å². The number of nitrogens with one attached hydrogen (secondary N) is 1. The van der Waals surface area contributed by atoms with Gasteiger partial charge in [-0.3, -0.25) is 0 Å². The van der Waals surface area contributed by atoms with E-state index in [4.69, 9.17) is 15.5 Å². The van der Waals surface area contributed by atoms with Crippen LogP contribution in [0.15, 0.2) is 48.5 Å². The third-order valence-electron chi connectivity index (χ3n) is 5.21. The first-order valence-corrected chi connectivity index (χ1v) is 10.1. The molecular weight excluding hydrogens is 348 g/mol. The number of benzene rings is 2. The van der Waals surface area contributed by atoms with Gasteiger partial charge < -0.3 is 20.7 Å². The molecule has 5 nitrogen and oxygen atoms in total. The summed E-state index contributed by atoms with van der Waals surface area (Å²) >= 11 is 0. The van der Waals surface area contributed by atoms with Crippen molar-refractivity contribution in [3.05, 3.63) is 59.7 Å². The second kappa shape index (κ2) is 8.48. The molecule has 3 aromatic rings. The van der Waals surface area contributed by atoms with Gasteiger partial charge in [0.25, 0.3) is 0 Å². The van der Waals surface area contributed by atoms with Crippen LogP contribution in [0.5, 0.6) is 5.75 Å². The minimum absolute atomic E-state index is 0.600. The number of nitrogens with zero attached hydrogens (tertiary/aromatic N) is 2. The number of aryl methyl sites for hydroxylation is 1. The molecule has 0 saturated heterocycles. The van der Waals surface area contributed by atoms with E-state index < -0.39 is 0 Å². The summed E-state index contributed by atoms with van der Waals surface area (Å²) < 4.78 is 5.72. The molecule has 1 aliphatic rings. The van der Waals surface area contributed by atoms with E-state index in [1.54, 1.807) is 0 Å². The molecule has 2 aromatic carbocycles. The van der Waals surface area contributed by atoms with Crippen LogP contribution in [0.2, 0.25) is 0 Å². The van der Waals surface area contributed by atoms with Crippen molar-refractivity contribution < 1.29 is 4.74 Å². The summed E-state index contributed by atoms with van der Waals surface area (Å²) in [6.45, 7) is 5.88. The Labute approximate surface area is 166 Å². The van der Waals surface area contributed by atoms with Crippen LogP contribution in [0.1, 0.15) is 24.5 Å². The fourth-order valence-electron chi connectivity index (χ4n) is 3.87. The largest absolute Gasteiger partial charge is 0.494 e. The van der Waals surface area contributed by atoms with Crippen molar-refractivity contribution in [2.75, 3.05) is 36.5 Å². The van der Waals surface area contributed by atoms with Crippen LogP contribution in [0.4, 0.5) is 11.5 Å². The summed E-state index contributed by atoms with van der Waals surface area (Å²) in [7, 11) is 0. The van der Waals surface area contributed by atoms with Gasteiger partial charge in [-0.1, -0.05) is 24.3 Å². The monoisotopic (exact) mass is 376 g/mol. The SMILES string of the molecule is CCOc1ccc2c(c1)CN(c1cc(NCCN)c3ccccc3n1)CCC2. The number of fused-ring (bicyclic) bond motifs is 2. The smallest absolute Gasteiger partial charge is 0.131 e. The summed E-state index contributed by atoms with van der Waals surface area (Å²) in [5.41, 5.74) is 10.6. The lowest BCUT2D eigenvalue weighted by Gasteiger charge is -2.24. The van der Waals surface area contributed by atoms with E-state index in [1.807, 2.05) is 13.0 Å². The average Bonchev–Trinajstić information content (AvgIpc) is 2.94. The molecule has 146 valence electrons. The molecule has 0 bridgehead atoms. The van der Waals surface area contributed by atoms with Crippen molar-refractivity contribution in [1.29, 1.82) is 0 Å². The van der Waals surface area contributed by atoms with Gasteiger partial charge in [-0.15, -0.1) is 0 Å². The van der Waals surface area contributed by atoms with Gasteiger partial charge in [-0.2, -0.15) is 0 Å². The number of anilines is 2. The van der Waals surface area contributed by atoms with Gasteiger partial charge in [0.15, 0.2) is 0 Å². The molecule has 28 heavy (non-hydrogen) atoms. The molecule has 2 heterocycles. The number of para-hydroxylation sites is 1. The van der Waals surface area contributed by atoms with Gasteiger partial charge in [-0.25, -0.2) is 4.98 Å². The molecule has 4 rings (SSSR count). The number of hydrogen-bond donors (Lipinski definition) is 2. The number of hydrogen-bond acceptors (Lipinski definition) is 5. The zero-order valence-electron chi connectivity index (χ0n) is 16.4. The van der Waals surface area contributed by atoms with Crippen molar-refractivity contribution in [2.24, 2.45) is 5.73 Å². The Hall–Kier alpha value is -2.79. The van der Waals surface area contributed by atoms with E-state index >= 15 is 0 Å². The van der Waals surface area contributed by atoms with Gasteiger partial charge in [0, 0.05) is 43.3 Å². The van der Waals surface area contributed by atoms with Crippen LogP contribution in [-0.2, 0) is 13.0 Å². The van der Waals surface area contributed by atoms with Crippen LogP contribution in [0.25, 0.3) is 10.9 Å². The van der Waals surface area contributed by atoms with E-state index in [2.05, 4.69) is 52.7 Å². The number of ether oxygens (including phenoxy) is 1. The maximum Gasteiger partial charge on any atom is 0.131 e. The van der Waals surface area contributed by atoms with E-state index in [-0.39, 0.29) is 0 Å². The second-order valence-electron chi connectivity index (χ2n) is 7.15. The summed E-state index contributed by atoms with van der Waals surface area (Å²) in [5.74, 6) is 1.95. The molecule has 5 heteroatoms. The first kappa shape index (κ1) is 18.6. The lowest BCUT2D eigenvalue weighted by atomic mass is 10.0. The van der Waals surface area contributed by atoms with Gasteiger partial charge in [0.05, 0.1) is 12.1 Å². The third-order valence-corrected chi connectivity index (χ3v) is 5.21. The van der Waals surface area contributed by atoms with Gasteiger partial charge >= 0.3 is 0 Å². The van der Waals surface area contributed by atoms with Crippen molar-refractivity contribution >= 4 is 22.4 Å². The maximum absolute atomic E-state index is 5.72.